The molecule has 1 aromatic rings. The maximum atomic E-state index is 11.5. The van der Waals surface area contributed by atoms with Gasteiger partial charge in [0.1, 0.15) is 11.6 Å². The van der Waals surface area contributed by atoms with Crippen molar-refractivity contribution in [3.8, 4) is 0 Å². The van der Waals surface area contributed by atoms with Gasteiger partial charge in [0.15, 0.2) is 4.34 Å². The number of nitrogens with zero attached hydrogens (tertiary/aromatic N) is 2. The van der Waals surface area contributed by atoms with E-state index in [-0.39, 0.29) is 5.25 Å². The van der Waals surface area contributed by atoms with Crippen molar-refractivity contribution in [1.82, 2.24) is 9.36 Å². The van der Waals surface area contributed by atoms with E-state index in [1.807, 2.05) is 6.92 Å². The van der Waals surface area contributed by atoms with Crippen molar-refractivity contribution < 1.29 is 4.79 Å². The van der Waals surface area contributed by atoms with E-state index < -0.39 is 0 Å². The summed E-state index contributed by atoms with van der Waals surface area (Å²) in [6.45, 7) is 1.88. The van der Waals surface area contributed by atoms with Crippen molar-refractivity contribution in [3.63, 3.8) is 0 Å². The first-order valence-electron chi connectivity index (χ1n) is 4.75. The van der Waals surface area contributed by atoms with Gasteiger partial charge in [0.05, 0.1) is 5.25 Å². The molecule has 3 nitrogen and oxygen atoms in total. The number of thioether (sulfide) groups is 1. The van der Waals surface area contributed by atoms with Crippen LogP contribution < -0.4 is 0 Å². The van der Waals surface area contributed by atoms with Crippen LogP contribution in [0.2, 0.25) is 0 Å². The highest BCUT2D eigenvalue weighted by molar-refractivity contribution is 8.02. The number of carbonyl (C=O) groups excluding carboxylic acids is 1. The molecule has 1 aliphatic rings. The summed E-state index contributed by atoms with van der Waals surface area (Å²) in [5.74, 6) is 1.19. The summed E-state index contributed by atoms with van der Waals surface area (Å²) >= 11 is 2.98. The smallest absolute Gasteiger partial charge is 0.170 e. The van der Waals surface area contributed by atoms with Crippen molar-refractivity contribution in [2.75, 3.05) is 0 Å². The fraction of sp³-hybridized carbons (Fsp3) is 0.667. The van der Waals surface area contributed by atoms with E-state index in [9.17, 15) is 4.79 Å². The van der Waals surface area contributed by atoms with Crippen LogP contribution in [-0.2, 0) is 4.79 Å². The van der Waals surface area contributed by atoms with Crippen LogP contribution >= 0.6 is 23.3 Å². The predicted octanol–water partition coefficient (Wildman–Crippen LogP) is 2.45. The quantitative estimate of drug-likeness (QED) is 0.780. The van der Waals surface area contributed by atoms with Gasteiger partial charge in [-0.05, 0) is 31.3 Å². The summed E-state index contributed by atoms with van der Waals surface area (Å²) in [7, 11) is 0. The molecule has 76 valence electrons. The lowest BCUT2D eigenvalue weighted by Crippen LogP contribution is -2.21. The van der Waals surface area contributed by atoms with Gasteiger partial charge < -0.3 is 0 Å². The summed E-state index contributed by atoms with van der Waals surface area (Å²) in [4.78, 5) is 15.8. The van der Waals surface area contributed by atoms with Gasteiger partial charge >= 0.3 is 0 Å². The van der Waals surface area contributed by atoms with Crippen LogP contribution in [0.15, 0.2) is 4.34 Å². The van der Waals surface area contributed by atoms with E-state index >= 15 is 0 Å². The van der Waals surface area contributed by atoms with Crippen LogP contribution in [-0.4, -0.2) is 20.4 Å². The molecular formula is C9H12N2OS2. The standard InChI is InChI=1S/C9H12N2OS2/c1-6-10-9(14-11-6)13-8-5-3-2-4-7(8)12/h8H,2-5H2,1H3. The fourth-order valence-electron chi connectivity index (χ4n) is 1.52. The van der Waals surface area contributed by atoms with Crippen LogP contribution in [0, 0.1) is 6.92 Å². The van der Waals surface area contributed by atoms with Crippen LogP contribution in [0.3, 0.4) is 0 Å². The average molecular weight is 228 g/mol. The summed E-state index contributed by atoms with van der Waals surface area (Å²) in [6, 6.07) is 0. The number of ketones is 1. The molecule has 0 aromatic carbocycles. The number of Topliss-reactive ketones (excluding diaryl/α,β-unsaturated/α-hetero) is 1. The minimum absolute atomic E-state index is 0.135. The molecule has 14 heavy (non-hydrogen) atoms. The van der Waals surface area contributed by atoms with Crippen molar-refractivity contribution >= 4 is 29.1 Å². The molecule has 0 radical (unpaired) electrons. The van der Waals surface area contributed by atoms with Gasteiger partial charge in [-0.25, -0.2) is 4.98 Å². The van der Waals surface area contributed by atoms with E-state index in [1.54, 1.807) is 11.8 Å². The molecule has 0 spiro atoms. The molecule has 1 aliphatic carbocycles. The van der Waals surface area contributed by atoms with Crippen LogP contribution in [0.5, 0.6) is 0 Å². The Morgan fingerprint density at radius 3 is 3.00 bits per heavy atom. The Morgan fingerprint density at radius 1 is 1.50 bits per heavy atom. The van der Waals surface area contributed by atoms with Gasteiger partial charge in [0, 0.05) is 6.42 Å². The Morgan fingerprint density at radius 2 is 2.36 bits per heavy atom. The molecule has 1 atom stereocenters. The van der Waals surface area contributed by atoms with Crippen LogP contribution in [0.1, 0.15) is 31.5 Å². The SMILES string of the molecule is Cc1nsc(SC2CCCCC2=O)n1. The molecule has 5 heteroatoms. The number of aromatic nitrogens is 2. The van der Waals surface area contributed by atoms with Crippen LogP contribution in [0.25, 0.3) is 0 Å². The normalized spacial score (nSPS) is 22.6. The monoisotopic (exact) mass is 228 g/mol. The van der Waals surface area contributed by atoms with E-state index in [2.05, 4.69) is 9.36 Å². The summed E-state index contributed by atoms with van der Waals surface area (Å²) in [5, 5.41) is 0.135. The highest BCUT2D eigenvalue weighted by Gasteiger charge is 2.24. The van der Waals surface area contributed by atoms with Gasteiger partial charge in [0.2, 0.25) is 0 Å². The largest absolute Gasteiger partial charge is 0.298 e. The predicted molar refractivity (Wildman–Crippen MR) is 57.8 cm³/mol. The highest BCUT2D eigenvalue weighted by atomic mass is 32.2. The third kappa shape index (κ3) is 2.33. The van der Waals surface area contributed by atoms with Gasteiger partial charge in [0.25, 0.3) is 0 Å². The maximum Gasteiger partial charge on any atom is 0.170 e. The maximum absolute atomic E-state index is 11.5. The Labute approximate surface area is 91.5 Å². The molecular weight excluding hydrogens is 216 g/mol. The first-order chi connectivity index (χ1) is 6.75. The number of hydrogen-bond donors (Lipinski definition) is 0. The second-order valence-electron chi connectivity index (χ2n) is 3.43. The van der Waals surface area contributed by atoms with E-state index in [0.717, 1.165) is 29.4 Å². The molecule has 0 bridgehead atoms. The number of aryl methyl sites for hydroxylation is 1. The Balaban J connectivity index is 1.99. The topological polar surface area (TPSA) is 42.9 Å². The third-order valence-corrected chi connectivity index (χ3v) is 4.44. The van der Waals surface area contributed by atoms with Crippen molar-refractivity contribution in [2.45, 2.75) is 42.2 Å². The summed E-state index contributed by atoms with van der Waals surface area (Å²) in [5.41, 5.74) is 0. The lowest BCUT2D eigenvalue weighted by molar-refractivity contribution is -0.119. The van der Waals surface area contributed by atoms with E-state index in [4.69, 9.17) is 0 Å². The molecule has 1 aromatic heterocycles. The molecule has 1 heterocycles. The minimum Gasteiger partial charge on any atom is -0.298 e. The summed E-state index contributed by atoms with van der Waals surface area (Å²) in [6.07, 6.45) is 3.98. The lowest BCUT2D eigenvalue weighted by Gasteiger charge is -2.18. The van der Waals surface area contributed by atoms with Crippen molar-refractivity contribution in [2.24, 2.45) is 0 Å². The second-order valence-corrected chi connectivity index (χ2v) is 5.63. The molecule has 2 rings (SSSR count). The summed E-state index contributed by atoms with van der Waals surface area (Å²) < 4.78 is 5.04. The zero-order valence-corrected chi connectivity index (χ0v) is 9.66. The molecule has 0 amide bonds. The molecule has 1 unspecified atom stereocenters. The number of rotatable bonds is 2. The zero-order chi connectivity index (χ0) is 9.97. The van der Waals surface area contributed by atoms with Gasteiger partial charge in [-0.15, -0.1) is 0 Å². The highest BCUT2D eigenvalue weighted by Crippen LogP contribution is 2.32. The van der Waals surface area contributed by atoms with Gasteiger partial charge in [-0.3, -0.25) is 4.79 Å². The zero-order valence-electron chi connectivity index (χ0n) is 8.02. The number of hydrogen-bond acceptors (Lipinski definition) is 5. The third-order valence-electron chi connectivity index (χ3n) is 2.25. The second kappa shape index (κ2) is 4.40. The molecule has 1 fully saturated rings. The van der Waals surface area contributed by atoms with Crippen LogP contribution in [0.4, 0.5) is 0 Å². The first-order valence-corrected chi connectivity index (χ1v) is 6.40. The molecule has 0 aliphatic heterocycles. The van der Waals surface area contributed by atoms with Gasteiger partial charge in [-0.2, -0.15) is 4.37 Å². The Kier molecular flexibility index (Phi) is 3.18. The fourth-order valence-corrected chi connectivity index (χ4v) is 3.54. The molecule has 0 saturated heterocycles. The van der Waals surface area contributed by atoms with Gasteiger partial charge in [-0.1, -0.05) is 18.2 Å². The minimum atomic E-state index is 0.135. The Bertz CT molecular complexity index is 337. The van der Waals surface area contributed by atoms with E-state index in [1.165, 1.54) is 18.0 Å². The first kappa shape index (κ1) is 10.1. The van der Waals surface area contributed by atoms with Crippen molar-refractivity contribution in [1.29, 1.82) is 0 Å². The lowest BCUT2D eigenvalue weighted by atomic mass is 9.99. The van der Waals surface area contributed by atoms with E-state index in [0.29, 0.717) is 5.78 Å². The Hall–Kier alpha value is -0.420. The molecule has 0 N–H and O–H groups in total. The van der Waals surface area contributed by atoms with Crippen molar-refractivity contribution in [3.05, 3.63) is 5.82 Å². The number of carbonyl (C=O) groups is 1. The average Bonchev–Trinajstić information content (AvgIpc) is 2.56. The molecule has 1 saturated carbocycles.